The summed E-state index contributed by atoms with van der Waals surface area (Å²) in [4.78, 5) is 12.5. The number of allylic oxidation sites excluding steroid dienone is 1. The second-order valence-electron chi connectivity index (χ2n) is 4.39. The van der Waals surface area contributed by atoms with Crippen LogP contribution in [0.1, 0.15) is 27.0 Å². The smallest absolute Gasteiger partial charge is 0.194 e. The summed E-state index contributed by atoms with van der Waals surface area (Å²) in [5, 5.41) is 18.4. The minimum atomic E-state index is -0.0739. The lowest BCUT2D eigenvalue weighted by atomic mass is 9.79. The molecule has 0 spiro atoms. The van der Waals surface area contributed by atoms with E-state index in [2.05, 4.69) is 0 Å². The van der Waals surface area contributed by atoms with E-state index in [0.29, 0.717) is 27.8 Å². The van der Waals surface area contributed by atoms with Crippen LogP contribution in [-0.4, -0.2) is 5.78 Å². The van der Waals surface area contributed by atoms with Crippen molar-refractivity contribution in [3.8, 4) is 12.1 Å². The van der Waals surface area contributed by atoms with E-state index in [4.69, 9.17) is 0 Å². The van der Waals surface area contributed by atoms with Crippen LogP contribution >= 0.6 is 0 Å². The number of carbonyl (C=O) groups is 1. The van der Waals surface area contributed by atoms with Crippen LogP contribution in [0.5, 0.6) is 0 Å². The van der Waals surface area contributed by atoms with Crippen LogP contribution in [0.4, 0.5) is 0 Å². The SMILES string of the molecule is N#CC(C#N)=C1c2ccccc2C(=O)c2ccccc21. The van der Waals surface area contributed by atoms with Crippen LogP contribution in [0.3, 0.4) is 0 Å². The van der Waals surface area contributed by atoms with Crippen molar-refractivity contribution < 1.29 is 4.79 Å². The lowest BCUT2D eigenvalue weighted by Gasteiger charge is -2.21. The summed E-state index contributed by atoms with van der Waals surface area (Å²) in [7, 11) is 0. The maximum Gasteiger partial charge on any atom is 0.194 e. The summed E-state index contributed by atoms with van der Waals surface area (Å²) >= 11 is 0. The highest BCUT2D eigenvalue weighted by Gasteiger charge is 2.28. The summed E-state index contributed by atoms with van der Waals surface area (Å²) in [5.74, 6) is -0.0739. The third-order valence-corrected chi connectivity index (χ3v) is 3.36. The first kappa shape index (κ1) is 11.9. The van der Waals surface area contributed by atoms with Gasteiger partial charge in [-0.05, 0) is 11.1 Å². The Hall–Kier alpha value is -3.17. The molecule has 0 heterocycles. The van der Waals surface area contributed by atoms with E-state index in [1.807, 2.05) is 12.1 Å². The molecule has 0 bridgehead atoms. The molecule has 2 aromatic rings. The highest BCUT2D eigenvalue weighted by Crippen LogP contribution is 2.37. The first-order chi connectivity index (χ1) is 9.77. The summed E-state index contributed by atoms with van der Waals surface area (Å²) in [6.07, 6.45) is 0. The van der Waals surface area contributed by atoms with Crippen molar-refractivity contribution in [2.24, 2.45) is 0 Å². The molecule has 0 N–H and O–H groups in total. The fraction of sp³-hybridized carbons (Fsp3) is 0. The number of hydrogen-bond donors (Lipinski definition) is 0. The molecule has 2 aromatic carbocycles. The van der Waals surface area contributed by atoms with Gasteiger partial charge in [0.2, 0.25) is 0 Å². The summed E-state index contributed by atoms with van der Waals surface area (Å²) < 4.78 is 0. The number of nitrogens with zero attached hydrogens (tertiary/aromatic N) is 2. The zero-order chi connectivity index (χ0) is 14.1. The number of rotatable bonds is 0. The molecule has 0 saturated heterocycles. The number of hydrogen-bond acceptors (Lipinski definition) is 3. The van der Waals surface area contributed by atoms with Gasteiger partial charge in [-0.15, -0.1) is 0 Å². The quantitative estimate of drug-likeness (QED) is 0.580. The minimum absolute atomic E-state index is 0.0254. The summed E-state index contributed by atoms with van der Waals surface area (Å²) in [6, 6.07) is 18.0. The van der Waals surface area contributed by atoms with Gasteiger partial charge < -0.3 is 0 Å². The first-order valence-electron chi connectivity index (χ1n) is 6.06. The van der Waals surface area contributed by atoms with Gasteiger partial charge in [0, 0.05) is 16.7 Å². The van der Waals surface area contributed by atoms with Gasteiger partial charge in [-0.25, -0.2) is 0 Å². The average Bonchev–Trinajstić information content (AvgIpc) is 2.51. The number of nitriles is 2. The van der Waals surface area contributed by atoms with Gasteiger partial charge in [0.1, 0.15) is 17.7 Å². The van der Waals surface area contributed by atoms with E-state index in [1.165, 1.54) is 0 Å². The lowest BCUT2D eigenvalue weighted by molar-refractivity contribution is 0.103. The van der Waals surface area contributed by atoms with Crippen LogP contribution in [0.15, 0.2) is 54.1 Å². The van der Waals surface area contributed by atoms with Crippen LogP contribution in [-0.2, 0) is 0 Å². The van der Waals surface area contributed by atoms with E-state index in [-0.39, 0.29) is 11.4 Å². The zero-order valence-corrected chi connectivity index (χ0v) is 10.4. The van der Waals surface area contributed by atoms with Gasteiger partial charge in [-0.3, -0.25) is 4.79 Å². The Morgan fingerprint density at radius 1 is 0.750 bits per heavy atom. The Morgan fingerprint density at radius 3 is 1.55 bits per heavy atom. The Kier molecular flexibility index (Phi) is 2.67. The molecule has 1 aliphatic rings. The average molecular weight is 256 g/mol. The standard InChI is InChI=1S/C17H8N2O/c18-9-11(10-19)16-12-5-1-3-7-14(12)17(20)15-8-4-2-6-13(15)16/h1-8H. The molecule has 0 atom stereocenters. The molecular formula is C17H8N2O. The monoisotopic (exact) mass is 256 g/mol. The molecule has 0 saturated carbocycles. The fourth-order valence-corrected chi connectivity index (χ4v) is 2.49. The van der Waals surface area contributed by atoms with Gasteiger partial charge in [0.15, 0.2) is 5.78 Å². The molecule has 1 aliphatic carbocycles. The number of ketones is 1. The van der Waals surface area contributed by atoms with Crippen molar-refractivity contribution in [1.29, 1.82) is 10.5 Å². The van der Waals surface area contributed by atoms with Gasteiger partial charge >= 0.3 is 0 Å². The van der Waals surface area contributed by atoms with Crippen LogP contribution in [0, 0.1) is 22.7 Å². The predicted octanol–water partition coefficient (Wildman–Crippen LogP) is 3.08. The number of benzene rings is 2. The van der Waals surface area contributed by atoms with E-state index < -0.39 is 0 Å². The third kappa shape index (κ3) is 1.55. The Labute approximate surface area is 116 Å². The van der Waals surface area contributed by atoms with E-state index >= 15 is 0 Å². The zero-order valence-electron chi connectivity index (χ0n) is 10.4. The normalized spacial score (nSPS) is 11.9. The third-order valence-electron chi connectivity index (χ3n) is 3.36. The number of carbonyl (C=O) groups excluding carboxylic acids is 1. The van der Waals surface area contributed by atoms with E-state index in [0.717, 1.165) is 0 Å². The molecule has 3 nitrogen and oxygen atoms in total. The summed E-state index contributed by atoms with van der Waals surface area (Å²) in [5.41, 5.74) is 2.93. The first-order valence-corrected chi connectivity index (χ1v) is 6.06. The molecule has 0 fully saturated rings. The molecule has 0 unspecified atom stereocenters. The molecule has 92 valence electrons. The molecule has 0 amide bonds. The van der Waals surface area contributed by atoms with Gasteiger partial charge in [-0.1, -0.05) is 48.5 Å². The molecule has 3 rings (SSSR count). The van der Waals surface area contributed by atoms with Gasteiger partial charge in [0.25, 0.3) is 0 Å². The van der Waals surface area contributed by atoms with Crippen molar-refractivity contribution in [1.82, 2.24) is 0 Å². The molecule has 0 aliphatic heterocycles. The van der Waals surface area contributed by atoms with Crippen molar-refractivity contribution >= 4 is 11.4 Å². The Morgan fingerprint density at radius 2 is 1.15 bits per heavy atom. The van der Waals surface area contributed by atoms with Crippen molar-refractivity contribution in [2.45, 2.75) is 0 Å². The molecule has 20 heavy (non-hydrogen) atoms. The Balaban J connectivity index is 2.48. The van der Waals surface area contributed by atoms with Gasteiger partial charge in [0.05, 0.1) is 0 Å². The van der Waals surface area contributed by atoms with Crippen molar-refractivity contribution in [3.05, 3.63) is 76.4 Å². The second-order valence-corrected chi connectivity index (χ2v) is 4.39. The fourth-order valence-electron chi connectivity index (χ4n) is 2.49. The highest BCUT2D eigenvalue weighted by molar-refractivity contribution is 6.19. The topological polar surface area (TPSA) is 64.7 Å². The predicted molar refractivity (Wildman–Crippen MR) is 73.6 cm³/mol. The van der Waals surface area contributed by atoms with Crippen molar-refractivity contribution in [2.75, 3.05) is 0 Å². The largest absolute Gasteiger partial charge is 0.289 e. The molecule has 0 aromatic heterocycles. The highest BCUT2D eigenvalue weighted by atomic mass is 16.1. The summed E-state index contributed by atoms with van der Waals surface area (Å²) in [6.45, 7) is 0. The van der Waals surface area contributed by atoms with Crippen LogP contribution in [0.25, 0.3) is 5.57 Å². The molecule has 3 heteroatoms. The second kappa shape index (κ2) is 4.50. The molecular weight excluding hydrogens is 248 g/mol. The number of fused-ring (bicyclic) bond motifs is 2. The maximum absolute atomic E-state index is 12.5. The lowest BCUT2D eigenvalue weighted by Crippen LogP contribution is -2.15. The van der Waals surface area contributed by atoms with E-state index in [1.54, 1.807) is 48.5 Å². The van der Waals surface area contributed by atoms with Crippen LogP contribution in [0.2, 0.25) is 0 Å². The Bertz CT molecular complexity index is 780. The van der Waals surface area contributed by atoms with Crippen molar-refractivity contribution in [3.63, 3.8) is 0 Å². The van der Waals surface area contributed by atoms with E-state index in [9.17, 15) is 15.3 Å². The molecule has 0 radical (unpaired) electrons. The van der Waals surface area contributed by atoms with Crippen LogP contribution < -0.4 is 0 Å². The minimum Gasteiger partial charge on any atom is -0.289 e. The maximum atomic E-state index is 12.5. The van der Waals surface area contributed by atoms with Gasteiger partial charge in [-0.2, -0.15) is 10.5 Å².